The first kappa shape index (κ1) is 22.4. The molecule has 3 rings (SSSR count). The highest BCUT2D eigenvalue weighted by Gasteiger charge is 2.24. The van der Waals surface area contributed by atoms with Crippen LogP contribution in [0, 0.1) is 0 Å². The van der Waals surface area contributed by atoms with Gasteiger partial charge < -0.3 is 9.64 Å². The fourth-order valence-electron chi connectivity index (χ4n) is 4.03. The van der Waals surface area contributed by atoms with E-state index in [1.807, 2.05) is 12.1 Å². The smallest absolute Gasteiger partial charge is 0.224 e. The zero-order chi connectivity index (χ0) is 21.5. The van der Waals surface area contributed by atoms with Crippen LogP contribution in [-0.2, 0) is 6.54 Å². The standard InChI is InChI=1S/C26H36N2O2/c1-5-6-16-30-25-17-22(20(2)3)12-13-23(26(25)29)19-27-14-15-28(21(4)18-27)24-10-8-7-9-11-24/h7-13,17,20-21H,5-6,14-16,18-19H2,1-4H3. The van der Waals surface area contributed by atoms with Crippen molar-refractivity contribution in [2.24, 2.45) is 0 Å². The average molecular weight is 409 g/mol. The van der Waals surface area contributed by atoms with Crippen molar-refractivity contribution in [3.63, 3.8) is 0 Å². The average Bonchev–Trinajstić information content (AvgIpc) is 2.89. The normalized spacial score (nSPS) is 17.4. The second kappa shape index (κ2) is 10.6. The van der Waals surface area contributed by atoms with E-state index >= 15 is 0 Å². The maximum Gasteiger partial charge on any atom is 0.224 e. The number of benzene rings is 1. The number of para-hydroxylation sites is 1. The Bertz CT molecular complexity index is 867. The molecule has 2 aromatic carbocycles. The maximum atomic E-state index is 13.2. The van der Waals surface area contributed by atoms with Crippen LogP contribution in [0.3, 0.4) is 0 Å². The van der Waals surface area contributed by atoms with Gasteiger partial charge in [0.05, 0.1) is 6.61 Å². The Morgan fingerprint density at radius 2 is 1.87 bits per heavy atom. The number of piperazine rings is 1. The first-order chi connectivity index (χ1) is 14.5. The highest BCUT2D eigenvalue weighted by atomic mass is 16.5. The Labute approximate surface area is 181 Å². The molecule has 4 heteroatoms. The lowest BCUT2D eigenvalue weighted by atomic mass is 10.1. The zero-order valence-corrected chi connectivity index (χ0v) is 18.9. The topological polar surface area (TPSA) is 32.8 Å². The molecule has 0 aromatic heterocycles. The molecular formula is C26H36N2O2. The summed E-state index contributed by atoms with van der Waals surface area (Å²) in [6.45, 7) is 12.8. The van der Waals surface area contributed by atoms with Gasteiger partial charge in [0.15, 0.2) is 5.75 Å². The van der Waals surface area contributed by atoms with Gasteiger partial charge in [0.1, 0.15) is 0 Å². The van der Waals surface area contributed by atoms with E-state index in [0.717, 1.165) is 43.6 Å². The van der Waals surface area contributed by atoms with E-state index in [9.17, 15) is 4.79 Å². The molecule has 1 aliphatic rings. The zero-order valence-electron chi connectivity index (χ0n) is 18.9. The van der Waals surface area contributed by atoms with Gasteiger partial charge in [-0.05, 0) is 43.0 Å². The Kier molecular flexibility index (Phi) is 7.92. The van der Waals surface area contributed by atoms with Gasteiger partial charge >= 0.3 is 0 Å². The highest BCUT2D eigenvalue weighted by molar-refractivity contribution is 5.47. The number of hydrogen-bond donors (Lipinski definition) is 0. The number of ether oxygens (including phenoxy) is 1. The van der Waals surface area contributed by atoms with Gasteiger partial charge in [-0.2, -0.15) is 0 Å². The number of anilines is 1. The van der Waals surface area contributed by atoms with E-state index in [-0.39, 0.29) is 5.43 Å². The van der Waals surface area contributed by atoms with Crippen LogP contribution in [0.2, 0.25) is 0 Å². The molecule has 0 aliphatic carbocycles. The maximum absolute atomic E-state index is 13.2. The number of rotatable bonds is 8. The molecule has 0 spiro atoms. The predicted octanol–water partition coefficient (Wildman–Crippen LogP) is 5.06. The summed E-state index contributed by atoms with van der Waals surface area (Å²) in [5.74, 6) is 0.857. The predicted molar refractivity (Wildman–Crippen MR) is 126 cm³/mol. The van der Waals surface area contributed by atoms with Crippen molar-refractivity contribution in [3.05, 3.63) is 69.9 Å². The molecule has 30 heavy (non-hydrogen) atoms. The minimum atomic E-state index is 0.0381. The first-order valence-electron chi connectivity index (χ1n) is 11.3. The van der Waals surface area contributed by atoms with Gasteiger partial charge in [-0.1, -0.05) is 57.5 Å². The molecule has 1 aliphatic heterocycles. The van der Waals surface area contributed by atoms with Crippen LogP contribution in [-0.4, -0.2) is 37.2 Å². The monoisotopic (exact) mass is 408 g/mol. The fourth-order valence-corrected chi connectivity index (χ4v) is 4.03. The molecule has 0 N–H and O–H groups in total. The summed E-state index contributed by atoms with van der Waals surface area (Å²) < 4.78 is 5.91. The van der Waals surface area contributed by atoms with Gasteiger partial charge in [-0.3, -0.25) is 9.69 Å². The molecule has 4 nitrogen and oxygen atoms in total. The van der Waals surface area contributed by atoms with E-state index in [0.29, 0.717) is 30.9 Å². The molecule has 2 aromatic rings. The van der Waals surface area contributed by atoms with E-state index in [4.69, 9.17) is 4.74 Å². The molecule has 1 unspecified atom stereocenters. The van der Waals surface area contributed by atoms with E-state index in [2.05, 4.69) is 73.9 Å². The van der Waals surface area contributed by atoms with Gasteiger partial charge in [0.2, 0.25) is 5.43 Å². The van der Waals surface area contributed by atoms with Gasteiger partial charge in [-0.15, -0.1) is 0 Å². The molecular weight excluding hydrogens is 372 g/mol. The number of hydrogen-bond acceptors (Lipinski definition) is 4. The lowest BCUT2D eigenvalue weighted by molar-refractivity contribution is 0.220. The molecule has 1 fully saturated rings. The van der Waals surface area contributed by atoms with Crippen molar-refractivity contribution in [2.75, 3.05) is 31.1 Å². The molecule has 0 saturated carbocycles. The van der Waals surface area contributed by atoms with E-state index in [1.165, 1.54) is 5.69 Å². The summed E-state index contributed by atoms with van der Waals surface area (Å²) in [6.07, 6.45) is 2.02. The minimum absolute atomic E-state index is 0.0381. The van der Waals surface area contributed by atoms with Gasteiger partial charge in [0, 0.05) is 43.5 Å². The van der Waals surface area contributed by atoms with Crippen LogP contribution in [0.15, 0.2) is 53.3 Å². The molecule has 0 amide bonds. The Balaban J connectivity index is 1.76. The lowest BCUT2D eigenvalue weighted by Gasteiger charge is -2.41. The molecule has 162 valence electrons. The SMILES string of the molecule is CCCCOc1cc(C(C)C)ccc(CN2CCN(c3ccccc3)C(C)C2)c1=O. The molecule has 1 atom stereocenters. The number of nitrogens with zero attached hydrogens (tertiary/aromatic N) is 2. The summed E-state index contributed by atoms with van der Waals surface area (Å²) in [4.78, 5) is 18.1. The summed E-state index contributed by atoms with van der Waals surface area (Å²) in [5, 5.41) is 0. The van der Waals surface area contributed by atoms with E-state index < -0.39 is 0 Å². The minimum Gasteiger partial charge on any atom is -0.489 e. The molecule has 0 bridgehead atoms. The largest absolute Gasteiger partial charge is 0.489 e. The van der Waals surface area contributed by atoms with Crippen LogP contribution < -0.4 is 15.1 Å². The summed E-state index contributed by atoms with van der Waals surface area (Å²) in [5.41, 5.74) is 3.28. The second-order valence-electron chi connectivity index (χ2n) is 8.67. The van der Waals surface area contributed by atoms with Crippen LogP contribution in [0.5, 0.6) is 5.75 Å². The van der Waals surface area contributed by atoms with Crippen molar-refractivity contribution in [3.8, 4) is 5.75 Å². The third kappa shape index (κ3) is 5.63. The summed E-state index contributed by atoms with van der Waals surface area (Å²) in [6, 6.07) is 17.0. The number of unbranched alkanes of at least 4 members (excludes halogenated alkanes) is 1. The lowest BCUT2D eigenvalue weighted by Crippen LogP contribution is -2.51. The quantitative estimate of drug-likeness (QED) is 0.572. The van der Waals surface area contributed by atoms with Crippen molar-refractivity contribution < 1.29 is 4.74 Å². The van der Waals surface area contributed by atoms with Crippen molar-refractivity contribution in [1.29, 1.82) is 0 Å². The fraction of sp³-hybridized carbons (Fsp3) is 0.500. The Hall–Kier alpha value is -2.33. The van der Waals surface area contributed by atoms with Crippen molar-refractivity contribution in [2.45, 2.75) is 59.0 Å². The van der Waals surface area contributed by atoms with Gasteiger partial charge in [0.25, 0.3) is 0 Å². The second-order valence-corrected chi connectivity index (χ2v) is 8.67. The summed E-state index contributed by atoms with van der Waals surface area (Å²) in [7, 11) is 0. The van der Waals surface area contributed by atoms with Gasteiger partial charge in [-0.25, -0.2) is 0 Å². The van der Waals surface area contributed by atoms with E-state index in [1.54, 1.807) is 0 Å². The summed E-state index contributed by atoms with van der Waals surface area (Å²) >= 11 is 0. The Morgan fingerprint density at radius 3 is 2.53 bits per heavy atom. The highest BCUT2D eigenvalue weighted by Crippen LogP contribution is 2.22. The molecule has 0 radical (unpaired) electrons. The first-order valence-corrected chi connectivity index (χ1v) is 11.3. The van der Waals surface area contributed by atoms with Crippen molar-refractivity contribution in [1.82, 2.24) is 4.90 Å². The van der Waals surface area contributed by atoms with Crippen LogP contribution in [0.1, 0.15) is 57.6 Å². The molecule has 1 heterocycles. The third-order valence-electron chi connectivity index (χ3n) is 5.91. The third-order valence-corrected chi connectivity index (χ3v) is 5.91. The van der Waals surface area contributed by atoms with Crippen LogP contribution in [0.25, 0.3) is 0 Å². The van der Waals surface area contributed by atoms with Crippen LogP contribution in [0.4, 0.5) is 5.69 Å². The van der Waals surface area contributed by atoms with Crippen LogP contribution >= 0.6 is 0 Å². The molecule has 1 saturated heterocycles. The van der Waals surface area contributed by atoms with Crippen molar-refractivity contribution >= 4 is 5.69 Å². The Morgan fingerprint density at radius 1 is 1.10 bits per heavy atom.